The zero-order valence-electron chi connectivity index (χ0n) is 19.4. The van der Waals surface area contributed by atoms with Crippen molar-refractivity contribution in [3.63, 3.8) is 0 Å². The smallest absolute Gasteiger partial charge is 0.255 e. The molecule has 0 fully saturated rings. The highest BCUT2D eigenvalue weighted by molar-refractivity contribution is 8.00. The van der Waals surface area contributed by atoms with E-state index in [4.69, 9.17) is 11.6 Å². The van der Waals surface area contributed by atoms with E-state index in [9.17, 15) is 9.59 Å². The fraction of sp³-hybridized carbons (Fsp3) is 0.103. The van der Waals surface area contributed by atoms with Gasteiger partial charge in [0.2, 0.25) is 5.91 Å². The number of halogens is 1. The van der Waals surface area contributed by atoms with Crippen LogP contribution in [0.15, 0.2) is 102 Å². The summed E-state index contributed by atoms with van der Waals surface area (Å²) in [5.41, 5.74) is 4.75. The lowest BCUT2D eigenvalue weighted by atomic mass is 10.1. The zero-order chi connectivity index (χ0) is 24.8. The standard InChI is InChI=1S/C29H25ClN2O2S/c1-19-8-6-7-11-25(19)28(33)31-22-14-16-24(17-15-22)35-27(21-9-4-3-5-10-21)29(34)32-23-13-12-20(2)26(30)18-23/h3-18,27H,1-2H3,(H,31,33)(H,32,34). The Balaban J connectivity index is 1.50. The van der Waals surface area contributed by atoms with Crippen LogP contribution in [0.25, 0.3) is 0 Å². The molecule has 0 spiro atoms. The monoisotopic (exact) mass is 500 g/mol. The van der Waals surface area contributed by atoms with E-state index >= 15 is 0 Å². The van der Waals surface area contributed by atoms with Crippen molar-refractivity contribution in [2.24, 2.45) is 0 Å². The van der Waals surface area contributed by atoms with Gasteiger partial charge < -0.3 is 10.6 Å². The van der Waals surface area contributed by atoms with Crippen molar-refractivity contribution >= 4 is 46.6 Å². The summed E-state index contributed by atoms with van der Waals surface area (Å²) in [6.45, 7) is 3.83. The third kappa shape index (κ3) is 6.32. The largest absolute Gasteiger partial charge is 0.325 e. The van der Waals surface area contributed by atoms with Gasteiger partial charge in [-0.1, -0.05) is 66.2 Å². The molecule has 35 heavy (non-hydrogen) atoms. The van der Waals surface area contributed by atoms with Gasteiger partial charge in [0.05, 0.1) is 0 Å². The van der Waals surface area contributed by atoms with Gasteiger partial charge in [0.25, 0.3) is 5.91 Å². The van der Waals surface area contributed by atoms with Gasteiger partial charge in [-0.2, -0.15) is 0 Å². The summed E-state index contributed by atoms with van der Waals surface area (Å²) in [4.78, 5) is 26.8. The Morgan fingerprint density at radius 1 is 0.743 bits per heavy atom. The van der Waals surface area contributed by atoms with Crippen LogP contribution in [0.1, 0.15) is 32.3 Å². The highest BCUT2D eigenvalue weighted by atomic mass is 35.5. The van der Waals surface area contributed by atoms with Gasteiger partial charge in [-0.25, -0.2) is 0 Å². The molecule has 0 saturated carbocycles. The van der Waals surface area contributed by atoms with Crippen LogP contribution in [0.5, 0.6) is 0 Å². The minimum Gasteiger partial charge on any atom is -0.325 e. The first-order chi connectivity index (χ1) is 16.9. The predicted octanol–water partition coefficient (Wildman–Crippen LogP) is 7.68. The SMILES string of the molecule is Cc1ccc(NC(=O)C(Sc2ccc(NC(=O)c3ccccc3C)cc2)c2ccccc2)cc1Cl. The second kappa shape index (κ2) is 11.3. The molecular formula is C29H25ClN2O2S. The van der Waals surface area contributed by atoms with Crippen molar-refractivity contribution in [2.75, 3.05) is 10.6 Å². The van der Waals surface area contributed by atoms with Gasteiger partial charge in [-0.15, -0.1) is 11.8 Å². The average Bonchev–Trinajstić information content (AvgIpc) is 2.86. The molecule has 0 aliphatic heterocycles. The Morgan fingerprint density at radius 2 is 1.40 bits per heavy atom. The third-order valence-electron chi connectivity index (χ3n) is 5.54. The van der Waals surface area contributed by atoms with E-state index in [1.165, 1.54) is 11.8 Å². The highest BCUT2D eigenvalue weighted by Gasteiger charge is 2.22. The molecule has 4 aromatic rings. The maximum atomic E-state index is 13.3. The summed E-state index contributed by atoms with van der Waals surface area (Å²) in [6.07, 6.45) is 0. The molecule has 1 unspecified atom stereocenters. The highest BCUT2D eigenvalue weighted by Crippen LogP contribution is 2.37. The normalized spacial score (nSPS) is 11.5. The Morgan fingerprint density at radius 3 is 2.09 bits per heavy atom. The van der Waals surface area contributed by atoms with Crippen LogP contribution in [0.4, 0.5) is 11.4 Å². The van der Waals surface area contributed by atoms with Crippen LogP contribution in [0.3, 0.4) is 0 Å². The first kappa shape index (κ1) is 24.6. The average molecular weight is 501 g/mol. The number of aryl methyl sites for hydroxylation is 2. The zero-order valence-corrected chi connectivity index (χ0v) is 21.0. The molecule has 0 heterocycles. The lowest BCUT2D eigenvalue weighted by molar-refractivity contribution is -0.115. The summed E-state index contributed by atoms with van der Waals surface area (Å²) in [5.74, 6) is -0.292. The number of anilines is 2. The fourth-order valence-corrected chi connectivity index (χ4v) is 4.76. The van der Waals surface area contributed by atoms with Gasteiger partial charge >= 0.3 is 0 Å². The summed E-state index contributed by atoms with van der Waals surface area (Å²) in [6, 6.07) is 30.1. The molecule has 0 bridgehead atoms. The molecule has 1 atom stereocenters. The molecule has 0 aliphatic rings. The topological polar surface area (TPSA) is 58.2 Å². The van der Waals surface area contributed by atoms with Gasteiger partial charge in [0.15, 0.2) is 0 Å². The van der Waals surface area contributed by atoms with Crippen LogP contribution < -0.4 is 10.6 Å². The number of benzene rings is 4. The Labute approximate surface area is 214 Å². The maximum Gasteiger partial charge on any atom is 0.255 e. The molecule has 0 saturated heterocycles. The minimum absolute atomic E-state index is 0.141. The summed E-state index contributed by atoms with van der Waals surface area (Å²) in [5, 5.41) is 6.06. The number of carbonyl (C=O) groups is 2. The molecule has 6 heteroatoms. The quantitative estimate of drug-likeness (QED) is 0.256. The van der Waals surface area contributed by atoms with E-state index in [1.807, 2.05) is 98.8 Å². The Hall–Kier alpha value is -3.54. The number of amides is 2. The lowest BCUT2D eigenvalue weighted by Gasteiger charge is -2.18. The first-order valence-electron chi connectivity index (χ1n) is 11.2. The summed E-state index contributed by atoms with van der Waals surface area (Å²) in [7, 11) is 0. The van der Waals surface area contributed by atoms with Crippen molar-refractivity contribution in [2.45, 2.75) is 24.0 Å². The number of hydrogen-bond acceptors (Lipinski definition) is 3. The van der Waals surface area contributed by atoms with Crippen molar-refractivity contribution < 1.29 is 9.59 Å². The van der Waals surface area contributed by atoms with E-state index in [2.05, 4.69) is 10.6 Å². The molecular weight excluding hydrogens is 476 g/mol. The maximum absolute atomic E-state index is 13.3. The van der Waals surface area contributed by atoms with E-state index < -0.39 is 5.25 Å². The number of nitrogens with one attached hydrogen (secondary N) is 2. The van der Waals surface area contributed by atoms with Crippen LogP contribution in [-0.4, -0.2) is 11.8 Å². The molecule has 4 rings (SSSR count). The summed E-state index contributed by atoms with van der Waals surface area (Å²) < 4.78 is 0. The van der Waals surface area contributed by atoms with E-state index in [0.717, 1.165) is 21.6 Å². The molecule has 2 N–H and O–H groups in total. The fourth-order valence-electron chi connectivity index (χ4n) is 3.56. The lowest BCUT2D eigenvalue weighted by Crippen LogP contribution is -2.19. The molecule has 0 aliphatic carbocycles. The van der Waals surface area contributed by atoms with Crippen LogP contribution >= 0.6 is 23.4 Å². The second-order valence-corrected chi connectivity index (χ2v) is 9.74. The van der Waals surface area contributed by atoms with Gasteiger partial charge in [0, 0.05) is 26.9 Å². The van der Waals surface area contributed by atoms with Crippen molar-refractivity contribution in [1.82, 2.24) is 0 Å². The first-order valence-corrected chi connectivity index (χ1v) is 12.4. The second-order valence-electron chi connectivity index (χ2n) is 8.16. The molecule has 4 nitrogen and oxygen atoms in total. The van der Waals surface area contributed by atoms with Gasteiger partial charge in [0.1, 0.15) is 5.25 Å². The van der Waals surface area contributed by atoms with Gasteiger partial charge in [-0.05, 0) is 73.0 Å². The van der Waals surface area contributed by atoms with Crippen molar-refractivity contribution in [3.8, 4) is 0 Å². The molecule has 0 radical (unpaired) electrons. The number of thioether (sulfide) groups is 1. The van der Waals surface area contributed by atoms with Crippen molar-refractivity contribution in [1.29, 1.82) is 0 Å². The van der Waals surface area contributed by atoms with Gasteiger partial charge in [-0.3, -0.25) is 9.59 Å². The van der Waals surface area contributed by atoms with Crippen molar-refractivity contribution in [3.05, 3.63) is 124 Å². The molecule has 4 aromatic carbocycles. The summed E-state index contributed by atoms with van der Waals surface area (Å²) >= 11 is 7.68. The Kier molecular flexibility index (Phi) is 7.91. The minimum atomic E-state index is -0.469. The Bertz CT molecular complexity index is 1340. The van der Waals surface area contributed by atoms with E-state index in [1.54, 1.807) is 12.1 Å². The molecule has 176 valence electrons. The number of carbonyl (C=O) groups excluding carboxylic acids is 2. The molecule has 2 amide bonds. The molecule has 0 aromatic heterocycles. The van der Waals surface area contributed by atoms with E-state index in [-0.39, 0.29) is 11.8 Å². The van der Waals surface area contributed by atoms with Crippen LogP contribution in [-0.2, 0) is 4.79 Å². The predicted molar refractivity (Wildman–Crippen MR) is 145 cm³/mol. The third-order valence-corrected chi connectivity index (χ3v) is 7.21. The van der Waals surface area contributed by atoms with E-state index in [0.29, 0.717) is 22.0 Å². The van der Waals surface area contributed by atoms with Crippen LogP contribution in [0, 0.1) is 13.8 Å². The number of hydrogen-bond donors (Lipinski definition) is 2. The van der Waals surface area contributed by atoms with Crippen LogP contribution in [0.2, 0.25) is 5.02 Å². The number of rotatable bonds is 7.